The zero-order valence-corrected chi connectivity index (χ0v) is 18.5. The number of halogens is 2. The maximum absolute atomic E-state index is 14.1. The first-order chi connectivity index (χ1) is 15.2. The summed E-state index contributed by atoms with van der Waals surface area (Å²) in [6.45, 7) is 9.75. The normalized spacial score (nSPS) is 13.0. The van der Waals surface area contributed by atoms with Gasteiger partial charge in [-0.25, -0.2) is 19.9 Å². The van der Waals surface area contributed by atoms with Crippen LogP contribution >= 0.6 is 0 Å². The van der Waals surface area contributed by atoms with E-state index in [1.807, 2.05) is 52.8 Å². The number of carbonyl (C=O) groups excluding carboxylic acids is 1. The van der Waals surface area contributed by atoms with Crippen molar-refractivity contribution in [1.82, 2.24) is 19.9 Å². The number of rotatable bonds is 3. The summed E-state index contributed by atoms with van der Waals surface area (Å²) in [5, 5.41) is 0. The second-order valence-electron chi connectivity index (χ2n) is 8.82. The van der Waals surface area contributed by atoms with Crippen molar-refractivity contribution in [2.75, 3.05) is 0 Å². The molecule has 5 nitrogen and oxygen atoms in total. The molecule has 0 atom stereocenters. The molecule has 0 fully saturated rings. The Morgan fingerprint density at radius 2 is 1.25 bits per heavy atom. The maximum atomic E-state index is 14.1. The molecule has 0 saturated heterocycles. The second-order valence-corrected chi connectivity index (χ2v) is 8.82. The van der Waals surface area contributed by atoms with E-state index in [1.165, 1.54) is 0 Å². The number of fused-ring (bicyclic) bond motifs is 5. The molecule has 0 amide bonds. The van der Waals surface area contributed by atoms with E-state index >= 15 is 0 Å². The van der Waals surface area contributed by atoms with E-state index in [2.05, 4.69) is 9.97 Å². The average Bonchev–Trinajstić information content (AvgIpc) is 3.02. The Labute approximate surface area is 184 Å². The quantitative estimate of drug-likeness (QED) is 0.334. The van der Waals surface area contributed by atoms with Crippen LogP contribution in [0.1, 0.15) is 79.2 Å². The van der Waals surface area contributed by atoms with E-state index in [1.54, 1.807) is 0 Å². The van der Waals surface area contributed by atoms with Gasteiger partial charge in [0, 0.05) is 22.3 Å². The number of nitrogens with zero attached hydrogens (tertiary/aromatic N) is 4. The highest BCUT2D eigenvalue weighted by molar-refractivity contribution is 6.21. The molecule has 4 aromatic rings. The highest BCUT2D eigenvalue weighted by Gasteiger charge is 2.33. The Balaban J connectivity index is 1.97. The van der Waals surface area contributed by atoms with Crippen LogP contribution in [0.15, 0.2) is 18.2 Å². The summed E-state index contributed by atoms with van der Waals surface area (Å²) in [6, 6.07) is 5.79. The van der Waals surface area contributed by atoms with E-state index < -0.39 is 11.9 Å². The van der Waals surface area contributed by atoms with Gasteiger partial charge < -0.3 is 0 Å². The van der Waals surface area contributed by atoms with Crippen LogP contribution in [0.4, 0.5) is 8.78 Å². The van der Waals surface area contributed by atoms with E-state index in [9.17, 15) is 13.6 Å². The third kappa shape index (κ3) is 2.76. The lowest BCUT2D eigenvalue weighted by atomic mass is 9.91. The Bertz CT molecular complexity index is 1460. The van der Waals surface area contributed by atoms with Crippen molar-refractivity contribution in [2.24, 2.45) is 0 Å². The number of hydrogen-bond donors (Lipinski definition) is 0. The maximum Gasteiger partial charge on any atom is 0.269 e. The predicted molar refractivity (Wildman–Crippen MR) is 119 cm³/mol. The fraction of sp³-hybridized carbons (Fsp3) is 0.320. The molecule has 0 saturated carbocycles. The molecule has 1 aliphatic rings. The molecule has 7 heteroatoms. The van der Waals surface area contributed by atoms with Crippen molar-refractivity contribution in [3.05, 3.63) is 58.0 Å². The zero-order chi connectivity index (χ0) is 22.9. The summed E-state index contributed by atoms with van der Waals surface area (Å²) in [7, 11) is 0. The molecule has 0 bridgehead atoms. The summed E-state index contributed by atoms with van der Waals surface area (Å²) < 4.78 is 28.3. The molecule has 0 aliphatic heterocycles. The smallest absolute Gasteiger partial charge is 0.269 e. The van der Waals surface area contributed by atoms with Crippen LogP contribution in [-0.4, -0.2) is 25.7 Å². The first kappa shape index (κ1) is 20.5. The third-order valence-corrected chi connectivity index (χ3v) is 6.09. The lowest BCUT2D eigenvalue weighted by molar-refractivity contribution is 0.103. The molecule has 1 aliphatic carbocycles. The third-order valence-electron chi connectivity index (χ3n) is 6.09. The summed E-state index contributed by atoms with van der Waals surface area (Å²) in [5.41, 5.74) is 6.05. The van der Waals surface area contributed by atoms with Crippen molar-refractivity contribution in [1.29, 1.82) is 0 Å². The molecule has 32 heavy (non-hydrogen) atoms. The molecule has 0 N–H and O–H groups in total. The highest BCUT2D eigenvalue weighted by Crippen LogP contribution is 2.41. The van der Waals surface area contributed by atoms with Gasteiger partial charge in [0.15, 0.2) is 0 Å². The van der Waals surface area contributed by atoms with Gasteiger partial charge in [-0.05, 0) is 29.9 Å². The van der Waals surface area contributed by atoms with Crippen molar-refractivity contribution >= 4 is 27.9 Å². The summed E-state index contributed by atoms with van der Waals surface area (Å²) in [4.78, 5) is 30.7. The summed E-state index contributed by atoms with van der Waals surface area (Å²) >= 11 is 0. The van der Waals surface area contributed by atoms with Crippen LogP contribution in [-0.2, 0) is 6.42 Å². The van der Waals surface area contributed by atoms with E-state index in [-0.39, 0.29) is 34.3 Å². The van der Waals surface area contributed by atoms with E-state index in [0.29, 0.717) is 33.4 Å². The lowest BCUT2D eigenvalue weighted by Crippen LogP contribution is -2.09. The minimum absolute atomic E-state index is 0.105. The van der Waals surface area contributed by atoms with Gasteiger partial charge >= 0.3 is 0 Å². The van der Waals surface area contributed by atoms with Crippen LogP contribution in [0.3, 0.4) is 0 Å². The Kier molecular flexibility index (Phi) is 4.55. The van der Waals surface area contributed by atoms with Gasteiger partial charge in [0.1, 0.15) is 11.4 Å². The van der Waals surface area contributed by atoms with Gasteiger partial charge in [0.25, 0.3) is 11.9 Å². The van der Waals surface area contributed by atoms with E-state index in [0.717, 1.165) is 17.5 Å². The average molecular weight is 432 g/mol. The summed E-state index contributed by atoms with van der Waals surface area (Å²) in [5.74, 6) is -2.89. The largest absolute Gasteiger partial charge is 0.287 e. The monoisotopic (exact) mass is 432 g/mol. The number of ketones is 1. The molecule has 0 radical (unpaired) electrons. The number of carbonyl (C=O) groups is 1. The second kappa shape index (κ2) is 7.08. The highest BCUT2D eigenvalue weighted by atomic mass is 19.2. The van der Waals surface area contributed by atoms with Crippen molar-refractivity contribution < 1.29 is 13.6 Å². The fourth-order valence-electron chi connectivity index (χ4n) is 4.58. The molecular weight excluding hydrogens is 410 g/mol. The Morgan fingerprint density at radius 1 is 0.750 bits per heavy atom. The van der Waals surface area contributed by atoms with Crippen LogP contribution in [0, 0.1) is 11.9 Å². The van der Waals surface area contributed by atoms with Crippen LogP contribution in [0.5, 0.6) is 0 Å². The van der Waals surface area contributed by atoms with E-state index in [4.69, 9.17) is 9.97 Å². The topological polar surface area (TPSA) is 68.6 Å². The molecular formula is C25H22F2N4O. The fourth-order valence-corrected chi connectivity index (χ4v) is 4.58. The lowest BCUT2D eigenvalue weighted by Gasteiger charge is -2.19. The van der Waals surface area contributed by atoms with Crippen molar-refractivity contribution in [3.8, 4) is 11.3 Å². The van der Waals surface area contributed by atoms with Crippen molar-refractivity contribution in [3.63, 3.8) is 0 Å². The number of aromatic nitrogens is 4. The minimum Gasteiger partial charge on any atom is -0.287 e. The van der Waals surface area contributed by atoms with Crippen molar-refractivity contribution in [2.45, 2.75) is 52.9 Å². The Hall–Kier alpha value is -3.35. The Morgan fingerprint density at radius 3 is 1.75 bits per heavy atom. The number of benzene rings is 2. The standard InChI is InChI=1S/C25H22F2N4O/c1-6-12-7-8-13-14(9-12)23(32)22-17(13)28-18-15(10(2)3)20-21(31-25(27)24(26)30-20)16(11(4)5)19(18)29-22/h7-11H,6H2,1-5H3. The molecule has 5 rings (SSSR count). The molecule has 0 spiro atoms. The van der Waals surface area contributed by atoms with Crippen LogP contribution in [0.2, 0.25) is 0 Å². The molecule has 2 aromatic carbocycles. The zero-order valence-electron chi connectivity index (χ0n) is 18.5. The number of aryl methyl sites for hydroxylation is 1. The van der Waals surface area contributed by atoms with Crippen LogP contribution < -0.4 is 0 Å². The van der Waals surface area contributed by atoms with Gasteiger partial charge in [0.05, 0.1) is 22.1 Å². The number of hydrogen-bond acceptors (Lipinski definition) is 5. The summed E-state index contributed by atoms with van der Waals surface area (Å²) in [6.07, 6.45) is 0.814. The molecule has 2 heterocycles. The SMILES string of the molecule is CCc1ccc2c(c1)C(=O)c1nc3c(C(C)C)c4nc(F)c(F)nc4c(C(C)C)c3nc1-2. The molecule has 162 valence electrons. The van der Waals surface area contributed by atoms with Crippen LogP contribution in [0.25, 0.3) is 33.3 Å². The minimum atomic E-state index is -1.25. The predicted octanol–water partition coefficient (Wildman–Crippen LogP) is 5.87. The molecule has 2 aromatic heterocycles. The first-order valence-corrected chi connectivity index (χ1v) is 10.8. The van der Waals surface area contributed by atoms with Gasteiger partial charge in [-0.15, -0.1) is 0 Å². The van der Waals surface area contributed by atoms with Gasteiger partial charge in [-0.2, -0.15) is 8.78 Å². The van der Waals surface area contributed by atoms with Gasteiger partial charge in [0.2, 0.25) is 5.78 Å². The molecule has 0 unspecified atom stereocenters. The first-order valence-electron chi connectivity index (χ1n) is 10.8. The van der Waals surface area contributed by atoms with Gasteiger partial charge in [-0.3, -0.25) is 4.79 Å². The van der Waals surface area contributed by atoms with Gasteiger partial charge in [-0.1, -0.05) is 46.8 Å².